The van der Waals surface area contributed by atoms with Gasteiger partial charge < -0.3 is 4.90 Å². The Morgan fingerprint density at radius 3 is 2.50 bits per heavy atom. The lowest BCUT2D eigenvalue weighted by Crippen LogP contribution is -2.26. The summed E-state index contributed by atoms with van der Waals surface area (Å²) in [6, 6.07) is 0. The molecule has 0 bridgehead atoms. The highest BCUT2D eigenvalue weighted by Gasteiger charge is 2.22. The fourth-order valence-corrected chi connectivity index (χ4v) is 1.36. The minimum atomic E-state index is -1.14. The number of alkyl halides is 3. The molecule has 1 aliphatic heterocycles. The summed E-state index contributed by atoms with van der Waals surface area (Å²) in [5.74, 6) is 0. The maximum atomic E-state index is 5.57. The van der Waals surface area contributed by atoms with Crippen molar-refractivity contribution in [2.24, 2.45) is 0 Å². The van der Waals surface area contributed by atoms with E-state index in [9.17, 15) is 0 Å². The van der Waals surface area contributed by atoms with Crippen molar-refractivity contribution in [2.75, 3.05) is 13.1 Å². The molecule has 1 nitrogen and oxygen atoms in total. The number of nitrogens with zero attached hydrogens (tertiary/aromatic N) is 1. The average molecular weight is 200 g/mol. The largest absolute Gasteiger partial charge is 0.373 e. The van der Waals surface area contributed by atoms with Crippen LogP contribution in [0.2, 0.25) is 0 Å². The zero-order valence-corrected chi connectivity index (χ0v) is 7.62. The van der Waals surface area contributed by atoms with Crippen LogP contribution in [-0.4, -0.2) is 21.8 Å². The molecule has 0 saturated heterocycles. The Labute approximate surface area is 75.5 Å². The zero-order valence-electron chi connectivity index (χ0n) is 5.36. The van der Waals surface area contributed by atoms with E-state index < -0.39 is 3.79 Å². The minimum absolute atomic E-state index is 0.480. The summed E-state index contributed by atoms with van der Waals surface area (Å²) in [6.45, 7) is 1.45. The maximum Gasteiger partial charge on any atom is 0.207 e. The number of hydrogen-bond acceptors (Lipinski definition) is 1. The van der Waals surface area contributed by atoms with Gasteiger partial charge >= 0.3 is 0 Å². The van der Waals surface area contributed by atoms with Crippen molar-refractivity contribution < 1.29 is 0 Å². The minimum Gasteiger partial charge on any atom is -0.373 e. The standard InChI is InChI=1S/C6H8Cl3N/c7-6(8,9)5-10-3-1-2-4-10/h1,3H,2,4-5H2. The number of hydrogen-bond donors (Lipinski definition) is 0. The van der Waals surface area contributed by atoms with Gasteiger partial charge in [0.25, 0.3) is 0 Å². The Morgan fingerprint density at radius 2 is 2.10 bits per heavy atom. The molecule has 0 unspecified atom stereocenters. The monoisotopic (exact) mass is 199 g/mol. The van der Waals surface area contributed by atoms with Crippen molar-refractivity contribution in [1.82, 2.24) is 4.90 Å². The van der Waals surface area contributed by atoms with Crippen LogP contribution < -0.4 is 0 Å². The van der Waals surface area contributed by atoms with E-state index in [-0.39, 0.29) is 0 Å². The fourth-order valence-electron chi connectivity index (χ4n) is 0.901. The molecular weight excluding hydrogens is 192 g/mol. The van der Waals surface area contributed by atoms with Gasteiger partial charge in [-0.1, -0.05) is 40.9 Å². The third-order valence-electron chi connectivity index (χ3n) is 1.28. The van der Waals surface area contributed by atoms with Crippen LogP contribution in [0.15, 0.2) is 12.3 Å². The van der Waals surface area contributed by atoms with Gasteiger partial charge in [-0.2, -0.15) is 0 Å². The van der Waals surface area contributed by atoms with Crippen molar-refractivity contribution in [3.05, 3.63) is 12.3 Å². The van der Waals surface area contributed by atoms with E-state index in [1.165, 1.54) is 0 Å². The van der Waals surface area contributed by atoms with E-state index in [2.05, 4.69) is 6.08 Å². The lowest BCUT2D eigenvalue weighted by Gasteiger charge is -2.20. The van der Waals surface area contributed by atoms with Crippen LogP contribution in [0.3, 0.4) is 0 Å². The summed E-state index contributed by atoms with van der Waals surface area (Å²) in [4.78, 5) is 1.99. The molecule has 0 aromatic rings. The van der Waals surface area contributed by atoms with Crippen molar-refractivity contribution in [3.63, 3.8) is 0 Å². The molecule has 1 heterocycles. The van der Waals surface area contributed by atoms with Gasteiger partial charge in [-0.15, -0.1) is 0 Å². The van der Waals surface area contributed by atoms with Crippen LogP contribution in [0.4, 0.5) is 0 Å². The second-order valence-electron chi connectivity index (χ2n) is 2.26. The van der Waals surface area contributed by atoms with Crippen molar-refractivity contribution in [2.45, 2.75) is 10.2 Å². The molecule has 0 aromatic carbocycles. The van der Waals surface area contributed by atoms with Crippen LogP contribution >= 0.6 is 34.8 Å². The number of rotatable bonds is 1. The van der Waals surface area contributed by atoms with Crippen molar-refractivity contribution in [1.29, 1.82) is 0 Å². The zero-order chi connectivity index (χ0) is 7.61. The third kappa shape index (κ3) is 3.00. The molecule has 10 heavy (non-hydrogen) atoms. The molecule has 4 heteroatoms. The summed E-state index contributed by atoms with van der Waals surface area (Å²) < 4.78 is -1.14. The highest BCUT2D eigenvalue weighted by molar-refractivity contribution is 6.67. The van der Waals surface area contributed by atoms with E-state index in [1.54, 1.807) is 0 Å². The average Bonchev–Trinajstić information content (AvgIpc) is 2.12. The first-order valence-electron chi connectivity index (χ1n) is 3.05. The first-order valence-corrected chi connectivity index (χ1v) is 4.19. The Hall–Kier alpha value is 0.410. The van der Waals surface area contributed by atoms with Gasteiger partial charge in [-0.25, -0.2) is 0 Å². The normalized spacial score (nSPS) is 18.5. The lowest BCUT2D eigenvalue weighted by atomic mass is 10.5. The molecule has 58 valence electrons. The van der Waals surface area contributed by atoms with Gasteiger partial charge in [0.15, 0.2) is 0 Å². The maximum absolute atomic E-state index is 5.57. The predicted octanol–water partition coefficient (Wildman–Crippen LogP) is 2.58. The van der Waals surface area contributed by atoms with E-state index in [0.29, 0.717) is 6.54 Å². The summed E-state index contributed by atoms with van der Waals surface area (Å²) in [6.07, 6.45) is 5.08. The second-order valence-corrected chi connectivity index (χ2v) is 4.78. The van der Waals surface area contributed by atoms with Gasteiger partial charge in [0.05, 0.1) is 6.54 Å². The van der Waals surface area contributed by atoms with Gasteiger partial charge in [-0.05, 0) is 12.6 Å². The van der Waals surface area contributed by atoms with E-state index >= 15 is 0 Å². The molecule has 1 aliphatic rings. The lowest BCUT2D eigenvalue weighted by molar-refractivity contribution is 0.415. The Balaban J connectivity index is 2.31. The Bertz CT molecular complexity index is 138. The molecule has 1 rings (SSSR count). The molecule has 0 aliphatic carbocycles. The molecule has 0 fully saturated rings. The van der Waals surface area contributed by atoms with Crippen molar-refractivity contribution in [3.8, 4) is 0 Å². The molecule has 0 spiro atoms. The van der Waals surface area contributed by atoms with Gasteiger partial charge in [0, 0.05) is 6.54 Å². The quantitative estimate of drug-likeness (QED) is 0.588. The van der Waals surface area contributed by atoms with E-state index in [4.69, 9.17) is 34.8 Å². The van der Waals surface area contributed by atoms with Crippen LogP contribution in [0, 0.1) is 0 Å². The molecule has 0 radical (unpaired) electrons. The third-order valence-corrected chi connectivity index (χ3v) is 1.64. The topological polar surface area (TPSA) is 3.24 Å². The summed E-state index contributed by atoms with van der Waals surface area (Å²) in [5.41, 5.74) is 0. The predicted molar refractivity (Wildman–Crippen MR) is 45.6 cm³/mol. The first-order chi connectivity index (χ1) is 4.58. The molecule has 0 aromatic heterocycles. The SMILES string of the molecule is ClC(Cl)(Cl)CN1C=CCC1. The van der Waals surface area contributed by atoms with E-state index in [0.717, 1.165) is 13.0 Å². The smallest absolute Gasteiger partial charge is 0.207 e. The second kappa shape index (κ2) is 3.21. The Morgan fingerprint density at radius 1 is 1.40 bits per heavy atom. The van der Waals surface area contributed by atoms with Crippen LogP contribution in [-0.2, 0) is 0 Å². The Kier molecular flexibility index (Phi) is 2.73. The summed E-state index contributed by atoms with van der Waals surface area (Å²) >= 11 is 16.7. The van der Waals surface area contributed by atoms with Gasteiger partial charge in [-0.3, -0.25) is 0 Å². The molecule has 0 atom stereocenters. The van der Waals surface area contributed by atoms with Crippen LogP contribution in [0.1, 0.15) is 6.42 Å². The fraction of sp³-hybridized carbons (Fsp3) is 0.667. The van der Waals surface area contributed by atoms with Crippen LogP contribution in [0.5, 0.6) is 0 Å². The molecular formula is C6H8Cl3N. The number of halogens is 3. The molecule has 0 N–H and O–H groups in total. The first kappa shape index (κ1) is 8.51. The highest BCUT2D eigenvalue weighted by atomic mass is 35.6. The summed E-state index contributed by atoms with van der Waals surface area (Å²) in [7, 11) is 0. The highest BCUT2D eigenvalue weighted by Crippen LogP contribution is 2.27. The van der Waals surface area contributed by atoms with Gasteiger partial charge in [0.2, 0.25) is 3.79 Å². The van der Waals surface area contributed by atoms with E-state index in [1.807, 2.05) is 11.1 Å². The van der Waals surface area contributed by atoms with Crippen molar-refractivity contribution >= 4 is 34.8 Å². The molecule has 0 amide bonds. The van der Waals surface area contributed by atoms with Gasteiger partial charge in [0.1, 0.15) is 0 Å². The van der Waals surface area contributed by atoms with Crippen LogP contribution in [0.25, 0.3) is 0 Å². The molecule has 0 saturated carbocycles. The summed E-state index contributed by atoms with van der Waals surface area (Å²) in [5, 5.41) is 0.